The van der Waals surface area contributed by atoms with Crippen LogP contribution >= 0.6 is 0 Å². The van der Waals surface area contributed by atoms with Crippen molar-refractivity contribution < 1.29 is 14.3 Å². The van der Waals surface area contributed by atoms with E-state index in [0.717, 1.165) is 16.8 Å². The van der Waals surface area contributed by atoms with Crippen LogP contribution in [0.25, 0.3) is 0 Å². The minimum absolute atomic E-state index is 0.134. The van der Waals surface area contributed by atoms with Crippen molar-refractivity contribution in [1.29, 1.82) is 0 Å². The van der Waals surface area contributed by atoms with E-state index in [0.29, 0.717) is 6.42 Å². The summed E-state index contributed by atoms with van der Waals surface area (Å²) in [6, 6.07) is 27.3. The second-order valence-electron chi connectivity index (χ2n) is 6.43. The zero-order valence-corrected chi connectivity index (χ0v) is 15.9. The van der Waals surface area contributed by atoms with Gasteiger partial charge in [0.05, 0.1) is 5.69 Å². The summed E-state index contributed by atoms with van der Waals surface area (Å²) < 4.78 is 5.26. The molecule has 0 aliphatic heterocycles. The predicted molar refractivity (Wildman–Crippen MR) is 112 cm³/mol. The Morgan fingerprint density at radius 3 is 1.93 bits per heavy atom. The smallest absolute Gasteiger partial charge is 0.408 e. The van der Waals surface area contributed by atoms with Gasteiger partial charge in [-0.2, -0.15) is 0 Å². The van der Waals surface area contributed by atoms with Gasteiger partial charge in [-0.15, -0.1) is 0 Å². The van der Waals surface area contributed by atoms with Gasteiger partial charge in [0.1, 0.15) is 12.6 Å². The zero-order chi connectivity index (χ0) is 20.3. The van der Waals surface area contributed by atoms with Crippen molar-refractivity contribution >= 4 is 17.7 Å². The summed E-state index contributed by atoms with van der Waals surface area (Å²) >= 11 is 0. The van der Waals surface area contributed by atoms with Crippen LogP contribution in [-0.4, -0.2) is 18.0 Å². The maximum Gasteiger partial charge on any atom is 0.408 e. The molecule has 0 aromatic heterocycles. The maximum atomic E-state index is 12.7. The van der Waals surface area contributed by atoms with Gasteiger partial charge in [-0.1, -0.05) is 78.9 Å². The van der Waals surface area contributed by atoms with Gasteiger partial charge in [0.25, 0.3) is 5.91 Å². The summed E-state index contributed by atoms with van der Waals surface area (Å²) in [7, 11) is 0. The van der Waals surface area contributed by atoms with Crippen LogP contribution in [0.3, 0.4) is 0 Å². The van der Waals surface area contributed by atoms with Crippen molar-refractivity contribution in [3.8, 4) is 0 Å². The standard InChI is InChI=1S/C23H23N3O3/c27-22(26-25-20-14-8-3-9-15-20)21(16-18-10-4-1-5-11-18)24-23(28)29-17-19-12-6-2-7-13-19/h1-15,21,25H,16-17H2,(H,24,28)(H,26,27). The number of alkyl carbamates (subject to hydrolysis) is 1. The normalized spacial score (nSPS) is 11.2. The Labute approximate surface area is 169 Å². The minimum atomic E-state index is -0.795. The summed E-state index contributed by atoms with van der Waals surface area (Å²) in [4.78, 5) is 24.9. The van der Waals surface area contributed by atoms with Gasteiger partial charge in [0.2, 0.25) is 0 Å². The molecule has 0 bridgehead atoms. The number of rotatable bonds is 8. The van der Waals surface area contributed by atoms with Crippen molar-refractivity contribution in [2.45, 2.75) is 19.1 Å². The molecule has 0 saturated heterocycles. The molecule has 29 heavy (non-hydrogen) atoms. The predicted octanol–water partition coefficient (Wildman–Crippen LogP) is 3.67. The number of carbonyl (C=O) groups excluding carboxylic acids is 2. The van der Waals surface area contributed by atoms with Crippen LogP contribution in [0.5, 0.6) is 0 Å². The number of amides is 2. The molecule has 6 nitrogen and oxygen atoms in total. The number of para-hydroxylation sites is 1. The van der Waals surface area contributed by atoms with E-state index in [1.165, 1.54) is 0 Å². The van der Waals surface area contributed by atoms with E-state index in [1.807, 2.05) is 91.0 Å². The number of carbonyl (C=O) groups is 2. The number of hydrogen-bond donors (Lipinski definition) is 3. The van der Waals surface area contributed by atoms with Gasteiger partial charge in [-0.05, 0) is 23.3 Å². The minimum Gasteiger partial charge on any atom is -0.445 e. The second kappa shape index (κ2) is 10.5. The SMILES string of the molecule is O=C(NC(Cc1ccccc1)C(=O)NNc1ccccc1)OCc1ccccc1. The third kappa shape index (κ3) is 6.70. The largest absolute Gasteiger partial charge is 0.445 e. The molecule has 0 heterocycles. The third-order valence-electron chi connectivity index (χ3n) is 4.21. The molecule has 148 valence electrons. The average Bonchev–Trinajstić information content (AvgIpc) is 2.78. The van der Waals surface area contributed by atoms with Crippen molar-refractivity contribution in [3.05, 3.63) is 102 Å². The van der Waals surface area contributed by atoms with Gasteiger partial charge >= 0.3 is 6.09 Å². The van der Waals surface area contributed by atoms with Crippen LogP contribution in [0.1, 0.15) is 11.1 Å². The van der Waals surface area contributed by atoms with E-state index in [9.17, 15) is 9.59 Å². The molecule has 0 aliphatic rings. The van der Waals surface area contributed by atoms with Gasteiger partial charge in [-0.3, -0.25) is 15.6 Å². The van der Waals surface area contributed by atoms with E-state index in [2.05, 4.69) is 16.2 Å². The first-order chi connectivity index (χ1) is 14.2. The lowest BCUT2D eigenvalue weighted by atomic mass is 10.1. The first-order valence-corrected chi connectivity index (χ1v) is 9.33. The fourth-order valence-corrected chi connectivity index (χ4v) is 2.71. The van der Waals surface area contributed by atoms with Gasteiger partial charge < -0.3 is 10.1 Å². The number of anilines is 1. The van der Waals surface area contributed by atoms with Crippen LogP contribution in [0, 0.1) is 0 Å². The van der Waals surface area contributed by atoms with E-state index < -0.39 is 12.1 Å². The summed E-state index contributed by atoms with van der Waals surface area (Å²) in [5, 5.41) is 2.66. The molecule has 3 rings (SSSR count). The Morgan fingerprint density at radius 2 is 1.31 bits per heavy atom. The van der Waals surface area contributed by atoms with Gasteiger partial charge in [0, 0.05) is 6.42 Å². The van der Waals surface area contributed by atoms with Crippen LogP contribution in [0.2, 0.25) is 0 Å². The monoisotopic (exact) mass is 389 g/mol. The van der Waals surface area contributed by atoms with Gasteiger partial charge in [0.15, 0.2) is 0 Å². The quantitative estimate of drug-likeness (QED) is 0.514. The maximum absolute atomic E-state index is 12.7. The summed E-state index contributed by atoms with van der Waals surface area (Å²) in [6.07, 6.45) is -0.312. The Kier molecular flexibility index (Phi) is 7.23. The molecule has 0 saturated carbocycles. The van der Waals surface area contributed by atoms with Gasteiger partial charge in [-0.25, -0.2) is 4.79 Å². The average molecular weight is 389 g/mol. The van der Waals surface area contributed by atoms with E-state index in [1.54, 1.807) is 0 Å². The molecule has 3 aromatic carbocycles. The molecular formula is C23H23N3O3. The van der Waals surface area contributed by atoms with Crippen LogP contribution in [-0.2, 0) is 22.6 Å². The molecule has 2 amide bonds. The molecule has 1 unspecified atom stereocenters. The van der Waals surface area contributed by atoms with Crippen LogP contribution < -0.4 is 16.2 Å². The summed E-state index contributed by atoms with van der Waals surface area (Å²) in [6.45, 7) is 0.134. The lowest BCUT2D eigenvalue weighted by Gasteiger charge is -2.19. The second-order valence-corrected chi connectivity index (χ2v) is 6.43. The topological polar surface area (TPSA) is 79.5 Å². The fourth-order valence-electron chi connectivity index (χ4n) is 2.71. The molecule has 1 atom stereocenters. The van der Waals surface area contributed by atoms with E-state index in [4.69, 9.17) is 4.74 Å². The molecule has 3 N–H and O–H groups in total. The van der Waals surface area contributed by atoms with Crippen molar-refractivity contribution in [2.24, 2.45) is 0 Å². The number of hydrazine groups is 1. The van der Waals surface area contributed by atoms with Crippen molar-refractivity contribution in [3.63, 3.8) is 0 Å². The highest BCUT2D eigenvalue weighted by atomic mass is 16.5. The Morgan fingerprint density at radius 1 is 0.759 bits per heavy atom. The van der Waals surface area contributed by atoms with Crippen LogP contribution in [0.4, 0.5) is 10.5 Å². The van der Waals surface area contributed by atoms with Crippen LogP contribution in [0.15, 0.2) is 91.0 Å². The molecule has 3 aromatic rings. The van der Waals surface area contributed by atoms with E-state index >= 15 is 0 Å². The number of nitrogens with one attached hydrogen (secondary N) is 3. The van der Waals surface area contributed by atoms with Crippen molar-refractivity contribution in [1.82, 2.24) is 10.7 Å². The highest BCUT2D eigenvalue weighted by Crippen LogP contribution is 2.07. The molecule has 0 aliphatic carbocycles. The molecule has 0 radical (unpaired) electrons. The number of ether oxygens (including phenoxy) is 1. The highest BCUT2D eigenvalue weighted by molar-refractivity contribution is 5.86. The Hall–Kier alpha value is -3.80. The lowest BCUT2D eigenvalue weighted by Crippen LogP contribution is -2.49. The third-order valence-corrected chi connectivity index (χ3v) is 4.21. The Balaban J connectivity index is 1.60. The summed E-state index contributed by atoms with van der Waals surface area (Å²) in [5.74, 6) is -0.366. The molecule has 6 heteroatoms. The summed E-state index contributed by atoms with van der Waals surface area (Å²) in [5.41, 5.74) is 8.03. The lowest BCUT2D eigenvalue weighted by molar-refractivity contribution is -0.122. The highest BCUT2D eigenvalue weighted by Gasteiger charge is 2.22. The first-order valence-electron chi connectivity index (χ1n) is 9.33. The molecule has 0 spiro atoms. The number of benzene rings is 3. The number of hydrogen-bond acceptors (Lipinski definition) is 4. The van der Waals surface area contributed by atoms with E-state index in [-0.39, 0.29) is 12.5 Å². The zero-order valence-electron chi connectivity index (χ0n) is 15.9. The van der Waals surface area contributed by atoms with Crippen molar-refractivity contribution in [2.75, 3.05) is 5.43 Å². The fraction of sp³-hybridized carbons (Fsp3) is 0.130. The molecular weight excluding hydrogens is 366 g/mol. The molecule has 0 fully saturated rings. The first kappa shape index (κ1) is 19.9. The Bertz CT molecular complexity index is 902.